The summed E-state index contributed by atoms with van der Waals surface area (Å²) in [7, 11) is 0. The maximum absolute atomic E-state index is 2.58. The zero-order valence-electron chi connectivity index (χ0n) is 12.5. The second-order valence-corrected chi connectivity index (χ2v) is 7.77. The van der Waals surface area contributed by atoms with Crippen molar-refractivity contribution in [1.29, 1.82) is 0 Å². The van der Waals surface area contributed by atoms with Gasteiger partial charge in [0.2, 0.25) is 0 Å². The van der Waals surface area contributed by atoms with Crippen LogP contribution in [-0.4, -0.2) is 0 Å². The molecule has 6 unspecified atom stereocenters. The lowest BCUT2D eigenvalue weighted by Crippen LogP contribution is -2.42. The van der Waals surface area contributed by atoms with Gasteiger partial charge in [-0.25, -0.2) is 0 Å². The summed E-state index contributed by atoms with van der Waals surface area (Å²) in [4.78, 5) is 0. The van der Waals surface area contributed by atoms with Crippen LogP contribution in [0, 0.1) is 35.5 Å². The molecule has 0 N–H and O–H groups in total. The Kier molecular flexibility index (Phi) is 4.01. The fraction of sp³-hybridized carbons (Fsp3) is 1.00. The van der Waals surface area contributed by atoms with Crippen LogP contribution in [0.4, 0.5) is 0 Å². The van der Waals surface area contributed by atoms with Crippen molar-refractivity contribution in [2.75, 3.05) is 0 Å². The molecule has 3 fully saturated rings. The van der Waals surface area contributed by atoms with Gasteiger partial charge in [-0.3, -0.25) is 0 Å². The molecule has 3 rings (SSSR count). The molecule has 3 saturated carbocycles. The summed E-state index contributed by atoms with van der Waals surface area (Å²) in [6, 6.07) is 0. The predicted octanol–water partition coefficient (Wildman–Crippen LogP) is 5.67. The number of fused-ring (bicyclic) bond motifs is 1. The molecule has 6 atom stereocenters. The lowest BCUT2D eigenvalue weighted by atomic mass is 9.55. The highest BCUT2D eigenvalue weighted by molar-refractivity contribution is 4.93. The molecule has 0 bridgehead atoms. The quantitative estimate of drug-likeness (QED) is 0.561. The predicted molar refractivity (Wildman–Crippen MR) is 78.5 cm³/mol. The van der Waals surface area contributed by atoms with Crippen LogP contribution in [0.2, 0.25) is 0 Å². The van der Waals surface area contributed by atoms with Crippen LogP contribution in [0.25, 0.3) is 0 Å². The summed E-state index contributed by atoms with van der Waals surface area (Å²) in [5.74, 6) is 6.46. The largest absolute Gasteiger partial charge is 0.0622 e. The van der Waals surface area contributed by atoms with Gasteiger partial charge < -0.3 is 0 Å². The number of hydrogen-bond donors (Lipinski definition) is 0. The highest BCUT2D eigenvalue weighted by Gasteiger charge is 2.43. The Bertz CT molecular complexity index is 263. The van der Waals surface area contributed by atoms with Crippen molar-refractivity contribution >= 4 is 0 Å². The molecule has 18 heavy (non-hydrogen) atoms. The van der Waals surface area contributed by atoms with E-state index in [9.17, 15) is 0 Å². The van der Waals surface area contributed by atoms with E-state index in [0.29, 0.717) is 0 Å². The maximum atomic E-state index is 2.58. The molecule has 0 nitrogen and oxygen atoms in total. The fourth-order valence-corrected chi connectivity index (χ4v) is 5.85. The van der Waals surface area contributed by atoms with Crippen LogP contribution >= 0.6 is 0 Å². The van der Waals surface area contributed by atoms with Crippen molar-refractivity contribution in [1.82, 2.24) is 0 Å². The summed E-state index contributed by atoms with van der Waals surface area (Å²) < 4.78 is 0. The monoisotopic (exact) mass is 248 g/mol. The second kappa shape index (κ2) is 5.55. The van der Waals surface area contributed by atoms with Crippen molar-refractivity contribution in [2.45, 2.75) is 78.1 Å². The third kappa shape index (κ3) is 2.37. The van der Waals surface area contributed by atoms with E-state index in [-0.39, 0.29) is 0 Å². The molecule has 3 aliphatic carbocycles. The lowest BCUT2D eigenvalue weighted by Gasteiger charge is -2.50. The SMILES string of the molecule is CC1CCCCC1C1C(C)CCC2CCCCC21. The molecular weight excluding hydrogens is 216 g/mol. The minimum atomic E-state index is 1.02. The average molecular weight is 248 g/mol. The second-order valence-electron chi connectivity index (χ2n) is 7.77. The van der Waals surface area contributed by atoms with Crippen molar-refractivity contribution in [2.24, 2.45) is 35.5 Å². The molecule has 0 spiro atoms. The fourth-order valence-electron chi connectivity index (χ4n) is 5.85. The van der Waals surface area contributed by atoms with E-state index in [4.69, 9.17) is 0 Å². The summed E-state index contributed by atoms with van der Waals surface area (Å²) in [6.07, 6.45) is 15.4. The van der Waals surface area contributed by atoms with E-state index in [1.54, 1.807) is 25.7 Å². The van der Waals surface area contributed by atoms with Crippen molar-refractivity contribution in [3.05, 3.63) is 0 Å². The molecule has 0 aromatic rings. The Labute approximate surface area is 114 Å². The van der Waals surface area contributed by atoms with E-state index in [1.165, 1.54) is 38.5 Å². The van der Waals surface area contributed by atoms with Crippen LogP contribution in [-0.2, 0) is 0 Å². The summed E-state index contributed by atoms with van der Waals surface area (Å²) in [6.45, 7) is 5.14. The van der Waals surface area contributed by atoms with Gasteiger partial charge in [-0.2, -0.15) is 0 Å². The van der Waals surface area contributed by atoms with Gasteiger partial charge in [0.15, 0.2) is 0 Å². The highest BCUT2D eigenvalue weighted by Crippen LogP contribution is 2.52. The van der Waals surface area contributed by atoms with E-state index in [2.05, 4.69) is 13.8 Å². The van der Waals surface area contributed by atoms with E-state index in [1.807, 2.05) is 0 Å². The molecule has 0 aliphatic heterocycles. The van der Waals surface area contributed by atoms with E-state index < -0.39 is 0 Å². The van der Waals surface area contributed by atoms with Gasteiger partial charge in [-0.05, 0) is 54.8 Å². The molecule has 0 aromatic carbocycles. The van der Waals surface area contributed by atoms with Gasteiger partial charge >= 0.3 is 0 Å². The topological polar surface area (TPSA) is 0 Å². The van der Waals surface area contributed by atoms with Crippen LogP contribution < -0.4 is 0 Å². The summed E-state index contributed by atoms with van der Waals surface area (Å²) in [5, 5.41) is 0. The minimum Gasteiger partial charge on any atom is -0.0622 e. The highest BCUT2D eigenvalue weighted by atomic mass is 14.5. The number of hydrogen-bond acceptors (Lipinski definition) is 0. The number of rotatable bonds is 1. The summed E-state index contributed by atoms with van der Waals surface area (Å²) >= 11 is 0. The van der Waals surface area contributed by atoms with Crippen molar-refractivity contribution < 1.29 is 0 Å². The molecule has 3 aliphatic rings. The van der Waals surface area contributed by atoms with E-state index >= 15 is 0 Å². The standard InChI is InChI=1S/C18H32/c1-13-7-3-5-9-16(13)18-14(2)11-12-15-8-4-6-10-17(15)18/h13-18H,3-12H2,1-2H3. The van der Waals surface area contributed by atoms with Gasteiger partial charge in [0.1, 0.15) is 0 Å². The Balaban J connectivity index is 1.77. The summed E-state index contributed by atoms with van der Waals surface area (Å²) in [5.41, 5.74) is 0. The maximum Gasteiger partial charge on any atom is -0.0326 e. The van der Waals surface area contributed by atoms with Crippen LogP contribution in [0.5, 0.6) is 0 Å². The van der Waals surface area contributed by atoms with Crippen LogP contribution in [0.15, 0.2) is 0 Å². The molecule has 0 radical (unpaired) electrons. The van der Waals surface area contributed by atoms with Gasteiger partial charge in [-0.1, -0.05) is 58.8 Å². The molecule has 0 aromatic heterocycles. The van der Waals surface area contributed by atoms with Gasteiger partial charge in [0.25, 0.3) is 0 Å². The molecule has 0 saturated heterocycles. The van der Waals surface area contributed by atoms with Crippen LogP contribution in [0.3, 0.4) is 0 Å². The van der Waals surface area contributed by atoms with Gasteiger partial charge in [0, 0.05) is 0 Å². The van der Waals surface area contributed by atoms with Crippen LogP contribution in [0.1, 0.15) is 78.1 Å². The third-order valence-electron chi connectivity index (χ3n) is 6.78. The van der Waals surface area contributed by atoms with Gasteiger partial charge in [-0.15, -0.1) is 0 Å². The normalized spacial score (nSPS) is 49.7. The molecule has 104 valence electrons. The smallest absolute Gasteiger partial charge is 0.0326 e. The first-order valence-electron chi connectivity index (χ1n) is 8.77. The van der Waals surface area contributed by atoms with Gasteiger partial charge in [0.05, 0.1) is 0 Å². The first-order valence-corrected chi connectivity index (χ1v) is 8.77. The zero-order chi connectivity index (χ0) is 12.5. The van der Waals surface area contributed by atoms with Crippen molar-refractivity contribution in [3.63, 3.8) is 0 Å². The molecule has 0 heteroatoms. The lowest BCUT2D eigenvalue weighted by molar-refractivity contribution is -0.00722. The molecule has 0 amide bonds. The first kappa shape index (κ1) is 13.0. The Morgan fingerprint density at radius 2 is 1.22 bits per heavy atom. The first-order chi connectivity index (χ1) is 8.77. The Morgan fingerprint density at radius 3 is 2.00 bits per heavy atom. The minimum absolute atomic E-state index is 1.02. The Morgan fingerprint density at radius 1 is 0.556 bits per heavy atom. The Hall–Kier alpha value is 0. The average Bonchev–Trinajstić information content (AvgIpc) is 2.40. The molecule has 0 heterocycles. The molecular formula is C18H32. The zero-order valence-corrected chi connectivity index (χ0v) is 12.5. The van der Waals surface area contributed by atoms with E-state index in [0.717, 1.165) is 35.5 Å². The van der Waals surface area contributed by atoms with Crippen molar-refractivity contribution in [3.8, 4) is 0 Å². The third-order valence-corrected chi connectivity index (χ3v) is 6.78.